The summed E-state index contributed by atoms with van der Waals surface area (Å²) in [6, 6.07) is 15.8. The van der Waals surface area contributed by atoms with Crippen LogP contribution in [-0.4, -0.2) is 6.61 Å². The van der Waals surface area contributed by atoms with Gasteiger partial charge in [0.1, 0.15) is 23.2 Å². The monoisotopic (exact) mass is 502 g/mol. The smallest absolute Gasteiger partial charge is 0.416 e. The number of fused-ring (bicyclic) bond motifs is 1. The number of hydrogen-bond donors (Lipinski definition) is 0. The van der Waals surface area contributed by atoms with Crippen molar-refractivity contribution >= 4 is 10.8 Å². The maximum absolute atomic E-state index is 15.1. The van der Waals surface area contributed by atoms with Crippen molar-refractivity contribution in [3.8, 4) is 5.75 Å². The first-order chi connectivity index (χ1) is 17.2. The molecular weight excluding hydrogens is 478 g/mol. The van der Waals surface area contributed by atoms with Crippen LogP contribution in [0.2, 0.25) is 0 Å². The van der Waals surface area contributed by atoms with Crippen molar-refractivity contribution in [2.75, 3.05) is 6.61 Å². The predicted molar refractivity (Wildman–Crippen MR) is 128 cm³/mol. The fraction of sp³-hybridized carbons (Fsp3) is 0.241. The van der Waals surface area contributed by atoms with Gasteiger partial charge in [0.2, 0.25) is 0 Å². The Morgan fingerprint density at radius 1 is 0.694 bits per heavy atom. The Bertz CT molecular complexity index is 1340. The molecule has 7 heteroatoms. The summed E-state index contributed by atoms with van der Waals surface area (Å²) in [6.45, 7) is 2.04. The van der Waals surface area contributed by atoms with E-state index >= 15 is 4.39 Å². The summed E-state index contributed by atoms with van der Waals surface area (Å²) in [4.78, 5) is 0. The van der Waals surface area contributed by atoms with Crippen LogP contribution in [0.1, 0.15) is 34.7 Å². The average molecular weight is 502 g/mol. The number of aryl methyl sites for hydroxylation is 3. The third-order valence-corrected chi connectivity index (χ3v) is 6.15. The van der Waals surface area contributed by atoms with Crippen LogP contribution in [0.15, 0.2) is 66.7 Å². The van der Waals surface area contributed by atoms with E-state index in [0.29, 0.717) is 47.8 Å². The number of halogens is 6. The van der Waals surface area contributed by atoms with E-state index in [-0.39, 0.29) is 23.6 Å². The van der Waals surface area contributed by atoms with Crippen molar-refractivity contribution < 1.29 is 31.1 Å². The lowest BCUT2D eigenvalue weighted by molar-refractivity contribution is -0.137. The van der Waals surface area contributed by atoms with Gasteiger partial charge >= 0.3 is 6.18 Å². The highest BCUT2D eigenvalue weighted by atomic mass is 19.4. The number of rotatable bonds is 8. The minimum Gasteiger partial charge on any atom is -0.494 e. The summed E-state index contributed by atoms with van der Waals surface area (Å²) in [6.07, 6.45) is -3.14. The summed E-state index contributed by atoms with van der Waals surface area (Å²) < 4.78 is 87.1. The lowest BCUT2D eigenvalue weighted by atomic mass is 9.97. The van der Waals surface area contributed by atoms with E-state index in [4.69, 9.17) is 4.74 Å². The zero-order chi connectivity index (χ0) is 25.9. The van der Waals surface area contributed by atoms with Gasteiger partial charge in [-0.25, -0.2) is 13.2 Å². The second kappa shape index (κ2) is 10.6. The second-order valence-corrected chi connectivity index (χ2v) is 8.59. The zero-order valence-electron chi connectivity index (χ0n) is 19.6. The quantitative estimate of drug-likeness (QED) is 0.221. The van der Waals surface area contributed by atoms with E-state index in [1.54, 1.807) is 37.3 Å². The Morgan fingerprint density at radius 2 is 1.33 bits per heavy atom. The molecule has 188 valence electrons. The van der Waals surface area contributed by atoms with Gasteiger partial charge in [0.25, 0.3) is 0 Å². The molecule has 0 amide bonds. The van der Waals surface area contributed by atoms with E-state index in [9.17, 15) is 22.0 Å². The molecule has 4 aromatic rings. The highest BCUT2D eigenvalue weighted by Gasteiger charge is 2.29. The van der Waals surface area contributed by atoms with Gasteiger partial charge in [0, 0.05) is 23.1 Å². The minimum atomic E-state index is -4.39. The van der Waals surface area contributed by atoms with Gasteiger partial charge in [-0.15, -0.1) is 0 Å². The summed E-state index contributed by atoms with van der Waals surface area (Å²) in [5, 5.41) is 1.08. The summed E-state index contributed by atoms with van der Waals surface area (Å²) in [7, 11) is 0. The van der Waals surface area contributed by atoms with Crippen molar-refractivity contribution in [3.05, 3.63) is 112 Å². The number of alkyl halides is 3. The first-order valence-corrected chi connectivity index (χ1v) is 11.6. The maximum atomic E-state index is 15.1. The van der Waals surface area contributed by atoms with Crippen LogP contribution in [0.5, 0.6) is 5.75 Å². The molecule has 0 heterocycles. The highest BCUT2D eigenvalue weighted by Crippen LogP contribution is 2.30. The topological polar surface area (TPSA) is 9.23 Å². The molecule has 0 radical (unpaired) electrons. The van der Waals surface area contributed by atoms with Crippen molar-refractivity contribution in [1.82, 2.24) is 0 Å². The molecule has 1 nitrogen and oxygen atoms in total. The maximum Gasteiger partial charge on any atom is 0.416 e. The third-order valence-electron chi connectivity index (χ3n) is 6.15. The Labute approximate surface area is 205 Å². The van der Waals surface area contributed by atoms with Crippen LogP contribution in [0, 0.1) is 17.5 Å². The Morgan fingerprint density at radius 3 is 1.97 bits per heavy atom. The zero-order valence-corrected chi connectivity index (χ0v) is 19.6. The van der Waals surface area contributed by atoms with Crippen molar-refractivity contribution in [1.29, 1.82) is 0 Å². The molecule has 0 aliphatic carbocycles. The first kappa shape index (κ1) is 25.6. The summed E-state index contributed by atoms with van der Waals surface area (Å²) >= 11 is 0. The van der Waals surface area contributed by atoms with Gasteiger partial charge in [-0.1, -0.05) is 42.5 Å². The molecular formula is C29H24F6O. The molecule has 0 saturated heterocycles. The van der Waals surface area contributed by atoms with Crippen LogP contribution in [0.3, 0.4) is 0 Å². The molecule has 0 spiro atoms. The lowest BCUT2D eigenvalue weighted by Gasteiger charge is -2.11. The van der Waals surface area contributed by atoms with Gasteiger partial charge in [0.05, 0.1) is 12.2 Å². The number of ether oxygens (including phenoxy) is 1. The van der Waals surface area contributed by atoms with E-state index in [1.165, 1.54) is 24.3 Å². The molecule has 4 aromatic carbocycles. The molecule has 36 heavy (non-hydrogen) atoms. The third kappa shape index (κ3) is 5.83. The van der Waals surface area contributed by atoms with Gasteiger partial charge in [-0.05, 0) is 66.8 Å². The average Bonchev–Trinajstić information content (AvgIpc) is 2.83. The molecule has 0 unspecified atom stereocenters. The van der Waals surface area contributed by atoms with E-state index < -0.39 is 23.4 Å². The summed E-state index contributed by atoms with van der Waals surface area (Å²) in [5.41, 5.74) is 1.22. The van der Waals surface area contributed by atoms with Gasteiger partial charge in [-0.2, -0.15) is 13.2 Å². The summed E-state index contributed by atoms with van der Waals surface area (Å²) in [5.74, 6) is -1.56. The molecule has 0 fully saturated rings. The largest absolute Gasteiger partial charge is 0.494 e. The van der Waals surface area contributed by atoms with Gasteiger partial charge in [0.15, 0.2) is 0 Å². The lowest BCUT2D eigenvalue weighted by Crippen LogP contribution is -2.04. The molecule has 0 atom stereocenters. The Balaban J connectivity index is 1.45. The molecule has 4 rings (SSSR count). The highest BCUT2D eigenvalue weighted by molar-refractivity contribution is 5.84. The van der Waals surface area contributed by atoms with E-state index in [1.807, 2.05) is 0 Å². The fourth-order valence-corrected chi connectivity index (χ4v) is 4.21. The van der Waals surface area contributed by atoms with Crippen LogP contribution in [0.4, 0.5) is 26.3 Å². The number of hydrogen-bond acceptors (Lipinski definition) is 1. The van der Waals surface area contributed by atoms with Crippen molar-refractivity contribution in [2.24, 2.45) is 0 Å². The Kier molecular flexibility index (Phi) is 7.57. The van der Waals surface area contributed by atoms with E-state index in [2.05, 4.69) is 0 Å². The van der Waals surface area contributed by atoms with Crippen LogP contribution < -0.4 is 4.74 Å². The van der Waals surface area contributed by atoms with Crippen LogP contribution in [-0.2, 0) is 31.9 Å². The Hall–Kier alpha value is -3.48. The normalized spacial score (nSPS) is 11.8. The molecule has 0 aliphatic heterocycles. The predicted octanol–water partition coefficient (Wildman–Crippen LogP) is 8.25. The fourth-order valence-electron chi connectivity index (χ4n) is 4.21. The van der Waals surface area contributed by atoms with Crippen LogP contribution >= 0.6 is 0 Å². The molecule has 0 aromatic heterocycles. The van der Waals surface area contributed by atoms with Gasteiger partial charge in [-0.3, -0.25) is 0 Å². The molecule has 0 bridgehead atoms. The van der Waals surface area contributed by atoms with E-state index in [0.717, 1.165) is 17.7 Å². The number of benzene rings is 4. The minimum absolute atomic E-state index is 0.0247. The SMILES string of the molecule is CCOc1cc(F)c(CCc2ccc3c(F)c(CCc4ccc(C(F)(F)F)cc4)ccc3c2)c(F)c1. The van der Waals surface area contributed by atoms with Crippen LogP contribution in [0.25, 0.3) is 10.8 Å². The second-order valence-electron chi connectivity index (χ2n) is 8.59. The molecule has 0 N–H and O–H groups in total. The molecule has 0 aliphatic rings. The molecule has 0 saturated carbocycles. The van der Waals surface area contributed by atoms with Crippen molar-refractivity contribution in [2.45, 2.75) is 38.8 Å². The first-order valence-electron chi connectivity index (χ1n) is 11.6. The van der Waals surface area contributed by atoms with Gasteiger partial charge < -0.3 is 4.74 Å². The standard InChI is InChI=1S/C29H24F6O/c1-2-36-23-16-26(30)25(27(31)17-23)14-7-19-6-13-24-21(15-19)10-9-20(28(24)32)8-3-18-4-11-22(12-5-18)29(33,34)35/h4-6,9-13,15-17H,2-3,7-8,14H2,1H3. The van der Waals surface area contributed by atoms with Crippen molar-refractivity contribution in [3.63, 3.8) is 0 Å².